The average Bonchev–Trinajstić information content (AvgIpc) is 3.12. The zero-order valence-corrected chi connectivity index (χ0v) is 16.8. The predicted molar refractivity (Wildman–Crippen MR) is 107 cm³/mol. The Labute approximate surface area is 174 Å². The van der Waals surface area contributed by atoms with Gasteiger partial charge in [-0.15, -0.1) is 5.10 Å². The minimum Gasteiger partial charge on any atom is -0.491 e. The van der Waals surface area contributed by atoms with Gasteiger partial charge in [-0.25, -0.2) is 4.68 Å². The Morgan fingerprint density at radius 1 is 1.37 bits per heavy atom. The second kappa shape index (κ2) is 9.17. The number of benzene rings is 1. The number of nitrogens with one attached hydrogen (secondary N) is 1. The summed E-state index contributed by atoms with van der Waals surface area (Å²) in [6.45, 7) is -0.133. The number of pyridine rings is 1. The number of non-ortho nitro benzene ring substituents is 1. The van der Waals surface area contributed by atoms with Crippen molar-refractivity contribution in [2.45, 2.75) is 17.5 Å². The smallest absolute Gasteiger partial charge is 0.271 e. The van der Waals surface area contributed by atoms with Crippen molar-refractivity contribution in [1.82, 2.24) is 24.8 Å². The Morgan fingerprint density at radius 2 is 2.17 bits per heavy atom. The van der Waals surface area contributed by atoms with E-state index in [9.17, 15) is 19.7 Å². The SMILES string of the molecule is COc1cn(CC(=O)Nc2cccc([N+](=O)[O-])c2)c(CSc2nnnn2C)cc1=O. The van der Waals surface area contributed by atoms with Gasteiger partial charge in [-0.3, -0.25) is 19.7 Å². The van der Waals surface area contributed by atoms with Crippen LogP contribution in [-0.4, -0.2) is 42.7 Å². The number of hydrogen-bond donors (Lipinski definition) is 1. The lowest BCUT2D eigenvalue weighted by atomic mass is 10.2. The second-order valence-electron chi connectivity index (χ2n) is 6.05. The van der Waals surface area contributed by atoms with Crippen molar-refractivity contribution in [3.63, 3.8) is 0 Å². The highest BCUT2D eigenvalue weighted by Crippen LogP contribution is 2.20. The van der Waals surface area contributed by atoms with Crippen molar-refractivity contribution >= 4 is 29.0 Å². The van der Waals surface area contributed by atoms with E-state index >= 15 is 0 Å². The van der Waals surface area contributed by atoms with Crippen LogP contribution in [0.5, 0.6) is 5.75 Å². The maximum atomic E-state index is 12.5. The molecule has 3 rings (SSSR count). The first kappa shape index (κ1) is 21.0. The molecule has 0 unspecified atom stereocenters. The number of nitro groups is 1. The zero-order valence-electron chi connectivity index (χ0n) is 16.0. The molecule has 0 bridgehead atoms. The van der Waals surface area contributed by atoms with E-state index in [-0.39, 0.29) is 23.4 Å². The largest absolute Gasteiger partial charge is 0.491 e. The van der Waals surface area contributed by atoms with E-state index in [1.54, 1.807) is 17.7 Å². The fourth-order valence-corrected chi connectivity index (χ4v) is 3.40. The molecule has 156 valence electrons. The molecule has 30 heavy (non-hydrogen) atoms. The molecule has 1 amide bonds. The number of amides is 1. The van der Waals surface area contributed by atoms with Gasteiger partial charge in [0.05, 0.1) is 18.2 Å². The predicted octanol–water partition coefficient (Wildman–Crippen LogP) is 1.22. The summed E-state index contributed by atoms with van der Waals surface area (Å²) in [5.41, 5.74) is 0.401. The number of tetrazole rings is 1. The van der Waals surface area contributed by atoms with E-state index in [1.165, 1.54) is 54.0 Å². The summed E-state index contributed by atoms with van der Waals surface area (Å²) in [7, 11) is 3.06. The number of anilines is 1. The third kappa shape index (κ3) is 5.00. The summed E-state index contributed by atoms with van der Waals surface area (Å²) in [6, 6.07) is 7.01. The fourth-order valence-electron chi connectivity index (χ4n) is 2.55. The number of carbonyl (C=O) groups excluding carboxylic acids is 1. The maximum Gasteiger partial charge on any atom is 0.271 e. The molecule has 3 aromatic rings. The van der Waals surface area contributed by atoms with Crippen molar-refractivity contribution in [1.29, 1.82) is 0 Å². The summed E-state index contributed by atoms with van der Waals surface area (Å²) in [5, 5.41) is 25.2. The van der Waals surface area contributed by atoms with Gasteiger partial charge in [0.2, 0.25) is 16.5 Å². The molecule has 0 saturated carbocycles. The number of nitrogens with zero attached hydrogens (tertiary/aromatic N) is 6. The Hall–Kier alpha value is -3.74. The summed E-state index contributed by atoms with van der Waals surface area (Å²) in [4.78, 5) is 35.0. The molecule has 0 atom stereocenters. The molecule has 0 radical (unpaired) electrons. The number of rotatable bonds is 8. The number of methoxy groups -OCH3 is 1. The van der Waals surface area contributed by atoms with Gasteiger partial charge in [0.15, 0.2) is 5.75 Å². The van der Waals surface area contributed by atoms with Crippen LogP contribution in [0.3, 0.4) is 0 Å². The van der Waals surface area contributed by atoms with Crippen molar-refractivity contribution in [3.8, 4) is 5.75 Å². The van der Waals surface area contributed by atoms with E-state index in [0.29, 0.717) is 22.3 Å². The zero-order chi connectivity index (χ0) is 21.7. The van der Waals surface area contributed by atoms with E-state index < -0.39 is 10.8 Å². The van der Waals surface area contributed by atoms with Gasteiger partial charge in [-0.05, 0) is 16.5 Å². The third-order valence-electron chi connectivity index (χ3n) is 3.99. The molecule has 2 heterocycles. The molecule has 0 aliphatic rings. The normalized spacial score (nSPS) is 10.6. The summed E-state index contributed by atoms with van der Waals surface area (Å²) in [6.07, 6.45) is 1.44. The number of hydrogen-bond acceptors (Lipinski definition) is 9. The van der Waals surface area contributed by atoms with Gasteiger partial charge in [0.25, 0.3) is 5.69 Å². The third-order valence-corrected chi connectivity index (χ3v) is 5.03. The lowest BCUT2D eigenvalue weighted by Gasteiger charge is -2.14. The van der Waals surface area contributed by atoms with Crippen molar-refractivity contribution < 1.29 is 14.5 Å². The molecule has 1 N–H and O–H groups in total. The topological polar surface area (TPSA) is 147 Å². The highest BCUT2D eigenvalue weighted by molar-refractivity contribution is 7.98. The Bertz CT molecular complexity index is 1140. The highest BCUT2D eigenvalue weighted by Gasteiger charge is 2.14. The van der Waals surface area contributed by atoms with Crippen LogP contribution < -0.4 is 15.5 Å². The standard InChI is InChI=1S/C17H17N7O5S/c1-22-17(19-20-21-22)30-10-13-7-14(25)15(29-2)8-23(13)9-16(26)18-11-4-3-5-12(6-11)24(27)28/h3-8H,9-10H2,1-2H3,(H,18,26). The van der Waals surface area contributed by atoms with Crippen LogP contribution in [-0.2, 0) is 24.1 Å². The van der Waals surface area contributed by atoms with E-state index in [1.807, 2.05) is 0 Å². The number of thioether (sulfide) groups is 1. The van der Waals surface area contributed by atoms with Crippen molar-refractivity contribution in [3.05, 3.63) is 62.6 Å². The fraction of sp³-hybridized carbons (Fsp3) is 0.235. The number of nitro benzene ring substituents is 1. The monoisotopic (exact) mass is 431 g/mol. The summed E-state index contributed by atoms with van der Waals surface area (Å²) < 4.78 is 8.13. The minimum atomic E-state index is -0.543. The van der Waals surface area contributed by atoms with E-state index in [4.69, 9.17) is 4.74 Å². The molecular weight excluding hydrogens is 414 g/mol. The van der Waals surface area contributed by atoms with Crippen molar-refractivity contribution in [2.24, 2.45) is 7.05 Å². The highest BCUT2D eigenvalue weighted by atomic mass is 32.2. The first-order valence-electron chi connectivity index (χ1n) is 8.54. The Balaban J connectivity index is 1.80. The van der Waals surface area contributed by atoms with E-state index in [0.717, 1.165) is 0 Å². The van der Waals surface area contributed by atoms with Crippen LogP contribution in [0.15, 0.2) is 46.5 Å². The van der Waals surface area contributed by atoms with Crippen LogP contribution in [0.4, 0.5) is 11.4 Å². The Kier molecular flexibility index (Phi) is 6.41. The second-order valence-corrected chi connectivity index (χ2v) is 7.00. The molecule has 1 aromatic carbocycles. The van der Waals surface area contributed by atoms with Gasteiger partial charge < -0.3 is 14.6 Å². The molecule has 0 aliphatic heterocycles. The number of ether oxygens (including phenoxy) is 1. The number of carbonyl (C=O) groups is 1. The molecule has 0 aliphatic carbocycles. The van der Waals surface area contributed by atoms with Gasteiger partial charge in [-0.1, -0.05) is 17.8 Å². The van der Waals surface area contributed by atoms with Gasteiger partial charge in [0, 0.05) is 42.4 Å². The molecular formula is C17H17N7O5S. The van der Waals surface area contributed by atoms with Gasteiger partial charge in [-0.2, -0.15) is 0 Å². The average molecular weight is 431 g/mol. The molecule has 12 nitrogen and oxygen atoms in total. The van der Waals surface area contributed by atoms with Crippen LogP contribution >= 0.6 is 11.8 Å². The molecule has 0 fully saturated rings. The number of aromatic nitrogens is 5. The molecule has 0 saturated heterocycles. The lowest BCUT2D eigenvalue weighted by Crippen LogP contribution is -2.22. The summed E-state index contributed by atoms with van der Waals surface area (Å²) in [5.74, 6) is -0.00245. The Morgan fingerprint density at radius 3 is 2.83 bits per heavy atom. The maximum absolute atomic E-state index is 12.5. The van der Waals surface area contributed by atoms with Crippen LogP contribution in [0, 0.1) is 10.1 Å². The first-order valence-corrected chi connectivity index (χ1v) is 9.52. The van der Waals surface area contributed by atoms with E-state index in [2.05, 4.69) is 20.8 Å². The van der Waals surface area contributed by atoms with Gasteiger partial charge >= 0.3 is 0 Å². The molecule has 13 heteroatoms. The first-order chi connectivity index (χ1) is 14.4. The van der Waals surface area contributed by atoms with Crippen LogP contribution in [0.1, 0.15) is 5.69 Å². The lowest BCUT2D eigenvalue weighted by molar-refractivity contribution is -0.384. The summed E-state index contributed by atoms with van der Waals surface area (Å²) >= 11 is 1.30. The van der Waals surface area contributed by atoms with Crippen molar-refractivity contribution in [2.75, 3.05) is 12.4 Å². The van der Waals surface area contributed by atoms with Gasteiger partial charge in [0.1, 0.15) is 6.54 Å². The quantitative estimate of drug-likeness (QED) is 0.316. The van der Waals surface area contributed by atoms with Crippen LogP contribution in [0.25, 0.3) is 0 Å². The number of aryl methyl sites for hydroxylation is 1. The molecule has 2 aromatic heterocycles. The van der Waals surface area contributed by atoms with Crippen LogP contribution in [0.2, 0.25) is 0 Å². The molecule has 0 spiro atoms. The minimum absolute atomic E-state index is 0.0900.